The van der Waals surface area contributed by atoms with E-state index in [-0.39, 0.29) is 18.1 Å². The molecule has 5 aromatic rings. The molecule has 0 amide bonds. The summed E-state index contributed by atoms with van der Waals surface area (Å²) in [5, 5.41) is 4.41. The van der Waals surface area contributed by atoms with E-state index >= 15 is 0 Å². The Morgan fingerprint density at radius 1 is 1.02 bits per heavy atom. The number of halogens is 2. The maximum absolute atomic E-state index is 14.7. The molecule has 0 spiro atoms. The largest absolute Gasteiger partial charge is 0.381 e. The molecule has 6 rings (SSSR count). The van der Waals surface area contributed by atoms with Crippen LogP contribution in [0.15, 0.2) is 77.7 Å². The number of nitrogens with zero attached hydrogens (tertiary/aromatic N) is 4. The Bertz CT molecular complexity index is 1770. The molecule has 7 nitrogen and oxygen atoms in total. The minimum Gasteiger partial charge on any atom is -0.381 e. The highest BCUT2D eigenvalue weighted by molar-refractivity contribution is 6.33. The summed E-state index contributed by atoms with van der Waals surface area (Å²) in [5.41, 5.74) is 3.96. The second-order valence-corrected chi connectivity index (χ2v) is 10.3. The van der Waals surface area contributed by atoms with E-state index in [1.807, 2.05) is 37.3 Å². The van der Waals surface area contributed by atoms with Gasteiger partial charge in [0.2, 0.25) is 5.95 Å². The first-order valence-electron chi connectivity index (χ1n) is 13.2. The summed E-state index contributed by atoms with van der Waals surface area (Å²) < 4.78 is 21.7. The van der Waals surface area contributed by atoms with E-state index in [2.05, 4.69) is 15.3 Å². The highest BCUT2D eigenvalue weighted by atomic mass is 35.5. The Balaban J connectivity index is 1.46. The standard InChI is InChI=1S/C31H27ClFN5O2/c1-19-5-4-8-28(35-19)20-9-10-24(26(32)16-20)25-15-22-17-34-31(36-23-11-13-40-14-12-23)37-29(22)38(30(25)39)18-21-6-2-3-7-27(21)33/h2-10,15-17,23H,11-14,18H2,1H3,(H,34,36,37). The van der Waals surface area contributed by atoms with Crippen LogP contribution in [0.4, 0.5) is 10.3 Å². The maximum atomic E-state index is 14.7. The van der Waals surface area contributed by atoms with Gasteiger partial charge < -0.3 is 10.1 Å². The lowest BCUT2D eigenvalue weighted by atomic mass is 10.0. The third-order valence-corrected chi connectivity index (χ3v) is 7.42. The molecule has 40 heavy (non-hydrogen) atoms. The number of ether oxygens (including phenoxy) is 1. The van der Waals surface area contributed by atoms with E-state index < -0.39 is 5.82 Å². The van der Waals surface area contributed by atoms with Gasteiger partial charge in [0.15, 0.2) is 0 Å². The summed E-state index contributed by atoms with van der Waals surface area (Å²) in [7, 11) is 0. The van der Waals surface area contributed by atoms with Gasteiger partial charge in [-0.1, -0.05) is 48.0 Å². The third-order valence-electron chi connectivity index (χ3n) is 7.11. The van der Waals surface area contributed by atoms with Gasteiger partial charge in [0.1, 0.15) is 11.5 Å². The van der Waals surface area contributed by atoms with Crippen molar-refractivity contribution >= 4 is 28.6 Å². The molecule has 0 radical (unpaired) electrons. The van der Waals surface area contributed by atoms with E-state index in [0.717, 1.165) is 29.8 Å². The van der Waals surface area contributed by atoms with Crippen LogP contribution in [0.25, 0.3) is 33.4 Å². The second-order valence-electron chi connectivity index (χ2n) is 9.90. The summed E-state index contributed by atoms with van der Waals surface area (Å²) in [5.74, 6) is 0.0254. The Hall–Kier alpha value is -4.14. The van der Waals surface area contributed by atoms with Gasteiger partial charge in [-0.2, -0.15) is 4.98 Å². The molecule has 0 saturated carbocycles. The van der Waals surface area contributed by atoms with Crippen LogP contribution in [0.2, 0.25) is 5.02 Å². The maximum Gasteiger partial charge on any atom is 0.260 e. The van der Waals surface area contributed by atoms with E-state index in [0.29, 0.717) is 51.9 Å². The zero-order chi connectivity index (χ0) is 27.6. The number of hydrogen-bond donors (Lipinski definition) is 1. The number of nitrogens with one attached hydrogen (secondary N) is 1. The average molecular weight is 556 g/mol. The fourth-order valence-corrected chi connectivity index (χ4v) is 5.27. The van der Waals surface area contributed by atoms with Crippen molar-refractivity contribution in [3.8, 4) is 22.4 Å². The molecule has 0 unspecified atom stereocenters. The zero-order valence-electron chi connectivity index (χ0n) is 21.9. The second kappa shape index (κ2) is 11.2. The number of pyridine rings is 2. The minimum atomic E-state index is -0.393. The fourth-order valence-electron chi connectivity index (χ4n) is 4.99. The predicted molar refractivity (Wildman–Crippen MR) is 155 cm³/mol. The van der Waals surface area contributed by atoms with Gasteiger partial charge in [0.25, 0.3) is 5.56 Å². The van der Waals surface area contributed by atoms with Gasteiger partial charge in [0.05, 0.1) is 12.2 Å². The van der Waals surface area contributed by atoms with E-state index in [1.54, 1.807) is 36.5 Å². The molecule has 2 aromatic carbocycles. The summed E-state index contributed by atoms with van der Waals surface area (Å²) in [6, 6.07) is 19.7. The Kier molecular flexibility index (Phi) is 7.28. The van der Waals surface area contributed by atoms with Gasteiger partial charge in [0, 0.05) is 63.8 Å². The molecular weight excluding hydrogens is 529 g/mol. The molecule has 1 fully saturated rings. The molecule has 3 aromatic heterocycles. The van der Waals surface area contributed by atoms with Crippen LogP contribution >= 0.6 is 11.6 Å². The smallest absolute Gasteiger partial charge is 0.260 e. The van der Waals surface area contributed by atoms with Crippen molar-refractivity contribution in [2.75, 3.05) is 18.5 Å². The average Bonchev–Trinajstić information content (AvgIpc) is 2.96. The topological polar surface area (TPSA) is 81.9 Å². The number of rotatable bonds is 6. The van der Waals surface area contributed by atoms with Crippen LogP contribution in [-0.2, 0) is 11.3 Å². The first-order valence-corrected chi connectivity index (χ1v) is 13.6. The van der Waals surface area contributed by atoms with Crippen LogP contribution in [0, 0.1) is 12.7 Å². The molecule has 1 aliphatic heterocycles. The molecule has 0 atom stereocenters. The number of benzene rings is 2. The van der Waals surface area contributed by atoms with Crippen molar-refractivity contribution in [3.63, 3.8) is 0 Å². The van der Waals surface area contributed by atoms with Crippen molar-refractivity contribution in [2.24, 2.45) is 0 Å². The molecular formula is C31H27ClFN5O2. The van der Waals surface area contributed by atoms with Gasteiger partial charge in [-0.15, -0.1) is 0 Å². The Morgan fingerprint density at radius 2 is 1.85 bits per heavy atom. The van der Waals surface area contributed by atoms with Gasteiger partial charge in [-0.3, -0.25) is 14.3 Å². The molecule has 1 aliphatic rings. The van der Waals surface area contributed by atoms with Crippen molar-refractivity contribution in [2.45, 2.75) is 32.4 Å². The predicted octanol–water partition coefficient (Wildman–Crippen LogP) is 6.26. The molecule has 9 heteroatoms. The van der Waals surface area contributed by atoms with E-state index in [1.165, 1.54) is 10.6 Å². The summed E-state index contributed by atoms with van der Waals surface area (Å²) in [6.07, 6.45) is 3.37. The lowest BCUT2D eigenvalue weighted by molar-refractivity contribution is 0.0903. The van der Waals surface area contributed by atoms with Gasteiger partial charge in [-0.25, -0.2) is 9.37 Å². The Labute approximate surface area is 235 Å². The third kappa shape index (κ3) is 5.33. The molecule has 1 saturated heterocycles. The summed E-state index contributed by atoms with van der Waals surface area (Å²) in [6.45, 7) is 3.28. The number of anilines is 1. The molecule has 1 N–H and O–H groups in total. The van der Waals surface area contributed by atoms with Crippen LogP contribution in [-0.4, -0.2) is 38.8 Å². The lowest BCUT2D eigenvalue weighted by Gasteiger charge is -2.23. The number of fused-ring (bicyclic) bond motifs is 1. The number of aromatic nitrogens is 4. The zero-order valence-corrected chi connectivity index (χ0v) is 22.7. The molecule has 202 valence electrons. The van der Waals surface area contributed by atoms with Crippen molar-refractivity contribution < 1.29 is 9.13 Å². The minimum absolute atomic E-state index is 0.00643. The van der Waals surface area contributed by atoms with Gasteiger partial charge >= 0.3 is 0 Å². The normalized spacial score (nSPS) is 14.0. The van der Waals surface area contributed by atoms with Crippen LogP contribution < -0.4 is 10.9 Å². The highest BCUT2D eigenvalue weighted by Gasteiger charge is 2.19. The number of hydrogen-bond acceptors (Lipinski definition) is 6. The van der Waals surface area contributed by atoms with Crippen LogP contribution in [0.1, 0.15) is 24.1 Å². The van der Waals surface area contributed by atoms with Crippen molar-refractivity contribution in [1.82, 2.24) is 19.5 Å². The monoisotopic (exact) mass is 555 g/mol. The quantitative estimate of drug-likeness (QED) is 0.266. The fraction of sp³-hybridized carbons (Fsp3) is 0.226. The molecule has 0 bridgehead atoms. The Morgan fingerprint density at radius 3 is 2.62 bits per heavy atom. The van der Waals surface area contributed by atoms with E-state index in [9.17, 15) is 9.18 Å². The van der Waals surface area contributed by atoms with E-state index in [4.69, 9.17) is 21.3 Å². The number of aryl methyl sites for hydroxylation is 1. The van der Waals surface area contributed by atoms with Gasteiger partial charge in [-0.05, 0) is 50.1 Å². The first-order chi connectivity index (χ1) is 19.5. The van der Waals surface area contributed by atoms with Crippen LogP contribution in [0.3, 0.4) is 0 Å². The SMILES string of the molecule is Cc1cccc(-c2ccc(-c3cc4cnc(NC5CCOCC5)nc4n(Cc4ccccc4F)c3=O)c(Cl)c2)n1. The highest BCUT2D eigenvalue weighted by Crippen LogP contribution is 2.32. The van der Waals surface area contributed by atoms with Crippen molar-refractivity contribution in [3.05, 3.63) is 105 Å². The molecule has 0 aliphatic carbocycles. The first kappa shape index (κ1) is 26.1. The lowest BCUT2D eigenvalue weighted by Crippen LogP contribution is -2.29. The molecule has 4 heterocycles. The summed E-state index contributed by atoms with van der Waals surface area (Å²) in [4.78, 5) is 27.8. The van der Waals surface area contributed by atoms with Crippen molar-refractivity contribution in [1.29, 1.82) is 0 Å². The summed E-state index contributed by atoms with van der Waals surface area (Å²) >= 11 is 6.76. The van der Waals surface area contributed by atoms with Crippen LogP contribution in [0.5, 0.6) is 0 Å².